The summed E-state index contributed by atoms with van der Waals surface area (Å²) in [6, 6.07) is 21.2. The average molecular weight is 423 g/mol. The van der Waals surface area contributed by atoms with Gasteiger partial charge in [0.05, 0.1) is 0 Å². The van der Waals surface area contributed by atoms with Gasteiger partial charge in [-0.2, -0.15) is 0 Å². The molecule has 0 bridgehead atoms. The van der Waals surface area contributed by atoms with Gasteiger partial charge in [0.1, 0.15) is 0 Å². The Bertz CT molecular complexity index is 1170. The van der Waals surface area contributed by atoms with Crippen LogP contribution in [-0.2, 0) is 12.3 Å². The van der Waals surface area contributed by atoms with Crippen molar-refractivity contribution in [1.29, 1.82) is 0 Å². The van der Waals surface area contributed by atoms with Crippen LogP contribution in [0.3, 0.4) is 0 Å². The molecule has 29 heavy (non-hydrogen) atoms. The SMILES string of the molecule is CCn1c(NC(=O)c2cccc3ccccc23)nnc1SCc1ccccc1Cl. The fourth-order valence-corrected chi connectivity index (χ4v) is 4.41. The molecule has 0 saturated carbocycles. The lowest BCUT2D eigenvalue weighted by Gasteiger charge is -2.10. The number of benzene rings is 3. The summed E-state index contributed by atoms with van der Waals surface area (Å²) in [6.45, 7) is 2.64. The molecular formula is C22H19ClN4OS. The first-order valence-electron chi connectivity index (χ1n) is 9.26. The quantitative estimate of drug-likeness (QED) is 0.408. The zero-order valence-corrected chi connectivity index (χ0v) is 17.4. The number of hydrogen-bond acceptors (Lipinski definition) is 4. The van der Waals surface area contributed by atoms with Gasteiger partial charge >= 0.3 is 0 Å². The molecule has 1 aromatic heterocycles. The number of halogens is 1. The zero-order chi connectivity index (χ0) is 20.2. The maximum absolute atomic E-state index is 12.9. The van der Waals surface area contributed by atoms with Crippen LogP contribution < -0.4 is 5.32 Å². The summed E-state index contributed by atoms with van der Waals surface area (Å²) in [4.78, 5) is 12.9. The van der Waals surface area contributed by atoms with Crippen LogP contribution in [0.5, 0.6) is 0 Å². The highest BCUT2D eigenvalue weighted by Crippen LogP contribution is 2.27. The van der Waals surface area contributed by atoms with Crippen molar-refractivity contribution < 1.29 is 4.79 Å². The van der Waals surface area contributed by atoms with Crippen LogP contribution in [0.15, 0.2) is 71.9 Å². The largest absolute Gasteiger partial charge is 0.290 e. The lowest BCUT2D eigenvalue weighted by molar-refractivity contribution is 0.102. The molecule has 7 heteroatoms. The second-order valence-electron chi connectivity index (χ2n) is 6.41. The molecular weight excluding hydrogens is 404 g/mol. The molecule has 3 aromatic carbocycles. The Balaban J connectivity index is 1.55. The van der Waals surface area contributed by atoms with E-state index >= 15 is 0 Å². The minimum absolute atomic E-state index is 0.202. The number of aromatic nitrogens is 3. The number of thioether (sulfide) groups is 1. The summed E-state index contributed by atoms with van der Waals surface area (Å²) in [6.07, 6.45) is 0. The molecule has 146 valence electrons. The molecule has 0 aliphatic carbocycles. The number of fused-ring (bicyclic) bond motifs is 1. The fraction of sp³-hybridized carbons (Fsp3) is 0.136. The van der Waals surface area contributed by atoms with Crippen LogP contribution in [0.1, 0.15) is 22.8 Å². The van der Waals surface area contributed by atoms with Gasteiger partial charge in [0.2, 0.25) is 5.95 Å². The number of carbonyl (C=O) groups is 1. The number of nitrogens with one attached hydrogen (secondary N) is 1. The summed E-state index contributed by atoms with van der Waals surface area (Å²) in [5.74, 6) is 0.911. The van der Waals surface area contributed by atoms with E-state index in [4.69, 9.17) is 11.6 Å². The third-order valence-electron chi connectivity index (χ3n) is 4.61. The number of rotatable bonds is 6. The molecule has 1 heterocycles. The topological polar surface area (TPSA) is 59.8 Å². The lowest BCUT2D eigenvalue weighted by atomic mass is 10.0. The Labute approximate surface area is 178 Å². The first kappa shape index (κ1) is 19.5. The lowest BCUT2D eigenvalue weighted by Crippen LogP contribution is -2.16. The van der Waals surface area contributed by atoms with Crippen molar-refractivity contribution >= 4 is 46.0 Å². The molecule has 0 unspecified atom stereocenters. The molecule has 0 aliphatic heterocycles. The van der Waals surface area contributed by atoms with Crippen molar-refractivity contribution in [3.05, 3.63) is 82.9 Å². The maximum atomic E-state index is 12.9. The molecule has 5 nitrogen and oxygen atoms in total. The van der Waals surface area contributed by atoms with Crippen LogP contribution in [0.4, 0.5) is 5.95 Å². The van der Waals surface area contributed by atoms with Gasteiger partial charge in [0.15, 0.2) is 5.16 Å². The normalized spacial score (nSPS) is 11.0. The van der Waals surface area contributed by atoms with Gasteiger partial charge in [-0.25, -0.2) is 0 Å². The van der Waals surface area contributed by atoms with Crippen LogP contribution >= 0.6 is 23.4 Å². The summed E-state index contributed by atoms with van der Waals surface area (Å²) in [5, 5.41) is 14.8. The van der Waals surface area contributed by atoms with Crippen LogP contribution in [0.25, 0.3) is 10.8 Å². The minimum atomic E-state index is -0.202. The molecule has 0 aliphatic rings. The summed E-state index contributed by atoms with van der Waals surface area (Å²) < 4.78 is 1.89. The third kappa shape index (κ3) is 4.13. The molecule has 1 amide bonds. The Hall–Kier alpha value is -2.83. The molecule has 4 rings (SSSR count). The monoisotopic (exact) mass is 422 g/mol. The van der Waals surface area contributed by atoms with Crippen LogP contribution in [-0.4, -0.2) is 20.7 Å². The average Bonchev–Trinajstić information content (AvgIpc) is 3.14. The predicted molar refractivity (Wildman–Crippen MR) is 119 cm³/mol. The highest BCUT2D eigenvalue weighted by Gasteiger charge is 2.16. The Morgan fingerprint density at radius 2 is 1.79 bits per heavy atom. The molecule has 0 radical (unpaired) electrons. The van der Waals surface area contributed by atoms with E-state index in [0.717, 1.165) is 26.5 Å². The number of carbonyl (C=O) groups excluding carboxylic acids is 1. The van der Waals surface area contributed by atoms with Crippen molar-refractivity contribution in [2.24, 2.45) is 0 Å². The summed E-state index contributed by atoms with van der Waals surface area (Å²) >= 11 is 7.78. The van der Waals surface area contributed by atoms with Crippen LogP contribution in [0, 0.1) is 0 Å². The van der Waals surface area contributed by atoms with Gasteiger partial charge in [0, 0.05) is 22.9 Å². The Morgan fingerprint density at radius 3 is 2.62 bits per heavy atom. The molecule has 1 N–H and O–H groups in total. The second-order valence-corrected chi connectivity index (χ2v) is 7.76. The Morgan fingerprint density at radius 1 is 1.03 bits per heavy atom. The smallest absolute Gasteiger partial charge is 0.258 e. The van der Waals surface area contributed by atoms with Crippen molar-refractivity contribution in [2.75, 3.05) is 5.32 Å². The number of anilines is 1. The molecule has 0 fully saturated rings. The number of hydrogen-bond donors (Lipinski definition) is 1. The number of nitrogens with zero attached hydrogens (tertiary/aromatic N) is 3. The minimum Gasteiger partial charge on any atom is -0.290 e. The highest BCUT2D eigenvalue weighted by molar-refractivity contribution is 7.98. The van der Waals surface area contributed by atoms with Gasteiger partial charge in [-0.1, -0.05) is 78.0 Å². The standard InChI is InChI=1S/C22H19ClN4OS/c1-2-27-21(25-26-22(27)29-14-16-9-4-6-13-19(16)23)24-20(28)18-12-7-10-15-8-3-5-11-17(15)18/h3-13H,2,14H2,1H3,(H,24,25,28). The van der Waals surface area contributed by atoms with Crippen molar-refractivity contribution in [2.45, 2.75) is 24.4 Å². The van der Waals surface area contributed by atoms with Crippen LogP contribution in [0.2, 0.25) is 5.02 Å². The van der Waals surface area contributed by atoms with Gasteiger partial charge in [-0.15, -0.1) is 10.2 Å². The van der Waals surface area contributed by atoms with E-state index in [-0.39, 0.29) is 5.91 Å². The van der Waals surface area contributed by atoms with Gasteiger partial charge in [-0.3, -0.25) is 14.7 Å². The number of amides is 1. The Kier molecular flexibility index (Phi) is 5.83. The van der Waals surface area contributed by atoms with Gasteiger partial charge < -0.3 is 0 Å². The fourth-order valence-electron chi connectivity index (χ4n) is 3.12. The molecule has 0 atom stereocenters. The summed E-state index contributed by atoms with van der Waals surface area (Å²) in [7, 11) is 0. The van der Waals surface area contributed by atoms with E-state index in [1.807, 2.05) is 78.2 Å². The predicted octanol–water partition coefficient (Wildman–Crippen LogP) is 5.65. The van der Waals surface area contributed by atoms with Crippen molar-refractivity contribution in [1.82, 2.24) is 14.8 Å². The van der Waals surface area contributed by atoms with E-state index < -0.39 is 0 Å². The first-order valence-corrected chi connectivity index (χ1v) is 10.6. The first-order chi connectivity index (χ1) is 14.2. The van der Waals surface area contributed by atoms with E-state index in [1.54, 1.807) is 0 Å². The molecule has 0 saturated heterocycles. The maximum Gasteiger partial charge on any atom is 0.258 e. The molecule has 0 spiro atoms. The summed E-state index contributed by atoms with van der Waals surface area (Å²) in [5.41, 5.74) is 1.64. The van der Waals surface area contributed by atoms with E-state index in [1.165, 1.54) is 11.8 Å². The van der Waals surface area contributed by atoms with Gasteiger partial charge in [-0.05, 0) is 35.4 Å². The van der Waals surface area contributed by atoms with E-state index in [9.17, 15) is 4.79 Å². The van der Waals surface area contributed by atoms with Crippen molar-refractivity contribution in [3.63, 3.8) is 0 Å². The van der Waals surface area contributed by atoms with E-state index in [2.05, 4.69) is 15.5 Å². The zero-order valence-electron chi connectivity index (χ0n) is 15.8. The third-order valence-corrected chi connectivity index (χ3v) is 5.99. The van der Waals surface area contributed by atoms with Crippen molar-refractivity contribution in [3.8, 4) is 0 Å². The van der Waals surface area contributed by atoms with E-state index in [0.29, 0.717) is 23.8 Å². The van der Waals surface area contributed by atoms with Gasteiger partial charge in [0.25, 0.3) is 5.91 Å². The highest BCUT2D eigenvalue weighted by atomic mass is 35.5. The molecule has 4 aromatic rings. The second kappa shape index (κ2) is 8.68.